The van der Waals surface area contributed by atoms with E-state index in [0.717, 1.165) is 19.3 Å². The molecule has 1 fully saturated rings. The van der Waals surface area contributed by atoms with Crippen molar-refractivity contribution in [3.05, 3.63) is 0 Å². The lowest BCUT2D eigenvalue weighted by molar-refractivity contribution is -0.0860. The van der Waals surface area contributed by atoms with Crippen molar-refractivity contribution in [1.29, 1.82) is 0 Å². The van der Waals surface area contributed by atoms with Crippen molar-refractivity contribution in [2.75, 3.05) is 0 Å². The van der Waals surface area contributed by atoms with E-state index in [1.54, 1.807) is 6.92 Å². The largest absolute Gasteiger partial charge is 0.393 e. The van der Waals surface area contributed by atoms with E-state index in [2.05, 4.69) is 6.92 Å². The maximum absolute atomic E-state index is 9.81. The van der Waals surface area contributed by atoms with E-state index < -0.39 is 6.10 Å². The first kappa shape index (κ1) is 10.0. The minimum Gasteiger partial charge on any atom is -0.393 e. The van der Waals surface area contributed by atoms with Crippen LogP contribution in [-0.2, 0) is 0 Å². The Labute approximate surface area is 74.6 Å². The minimum atomic E-state index is -0.403. The topological polar surface area (TPSA) is 40.5 Å². The summed E-state index contributed by atoms with van der Waals surface area (Å²) in [5.74, 6) is 0.604. The van der Waals surface area contributed by atoms with Gasteiger partial charge in [0.05, 0.1) is 12.2 Å². The van der Waals surface area contributed by atoms with Gasteiger partial charge in [-0.15, -0.1) is 0 Å². The molecule has 1 aliphatic carbocycles. The number of hydrogen-bond donors (Lipinski definition) is 2. The molecule has 0 aromatic rings. The molecule has 0 radical (unpaired) electrons. The van der Waals surface area contributed by atoms with E-state index in [9.17, 15) is 10.2 Å². The van der Waals surface area contributed by atoms with Crippen molar-refractivity contribution >= 4 is 0 Å². The average Bonchev–Trinajstić information content (AvgIpc) is 1.97. The zero-order valence-electron chi connectivity index (χ0n) is 8.25. The summed E-state index contributed by atoms with van der Waals surface area (Å²) in [5.41, 5.74) is -0.271. The second-order valence-electron chi connectivity index (χ2n) is 4.58. The van der Waals surface area contributed by atoms with Gasteiger partial charge in [-0.1, -0.05) is 13.8 Å². The van der Waals surface area contributed by atoms with Gasteiger partial charge in [-0.05, 0) is 32.1 Å². The summed E-state index contributed by atoms with van der Waals surface area (Å²) in [6, 6.07) is 0. The fourth-order valence-electron chi connectivity index (χ4n) is 1.98. The lowest BCUT2D eigenvalue weighted by Gasteiger charge is -2.42. The monoisotopic (exact) mass is 172 g/mol. The second-order valence-corrected chi connectivity index (χ2v) is 4.58. The van der Waals surface area contributed by atoms with Crippen molar-refractivity contribution in [2.24, 2.45) is 11.3 Å². The third kappa shape index (κ3) is 1.64. The van der Waals surface area contributed by atoms with E-state index in [-0.39, 0.29) is 11.5 Å². The molecule has 0 aliphatic heterocycles. The Morgan fingerprint density at radius 1 is 1.50 bits per heavy atom. The quantitative estimate of drug-likeness (QED) is 0.630. The average molecular weight is 172 g/mol. The summed E-state index contributed by atoms with van der Waals surface area (Å²) >= 11 is 0. The highest BCUT2D eigenvalue weighted by molar-refractivity contribution is 4.91. The SMILES string of the molecule is CC(O)[C@@]1(C)CC[C@H](C)C[C@H]1O. The highest BCUT2D eigenvalue weighted by atomic mass is 16.3. The Balaban J connectivity index is 2.66. The van der Waals surface area contributed by atoms with Gasteiger partial charge in [0.1, 0.15) is 0 Å². The van der Waals surface area contributed by atoms with Gasteiger partial charge in [0.15, 0.2) is 0 Å². The van der Waals surface area contributed by atoms with Crippen LogP contribution in [0.1, 0.15) is 40.0 Å². The zero-order chi connectivity index (χ0) is 9.35. The smallest absolute Gasteiger partial charge is 0.0620 e. The van der Waals surface area contributed by atoms with Crippen LogP contribution >= 0.6 is 0 Å². The van der Waals surface area contributed by atoms with Gasteiger partial charge in [0, 0.05) is 5.41 Å². The Bertz CT molecular complexity index is 156. The predicted molar refractivity (Wildman–Crippen MR) is 48.8 cm³/mol. The molecular weight excluding hydrogens is 152 g/mol. The van der Waals surface area contributed by atoms with Crippen molar-refractivity contribution in [3.63, 3.8) is 0 Å². The molecule has 1 rings (SSSR count). The number of aliphatic hydroxyl groups excluding tert-OH is 2. The van der Waals surface area contributed by atoms with Crippen LogP contribution < -0.4 is 0 Å². The van der Waals surface area contributed by atoms with Crippen LogP contribution in [0.5, 0.6) is 0 Å². The predicted octanol–water partition coefficient (Wildman–Crippen LogP) is 1.55. The van der Waals surface area contributed by atoms with Crippen molar-refractivity contribution in [3.8, 4) is 0 Å². The molecule has 1 saturated carbocycles. The van der Waals surface area contributed by atoms with Gasteiger partial charge in [-0.3, -0.25) is 0 Å². The van der Waals surface area contributed by atoms with Gasteiger partial charge in [0.25, 0.3) is 0 Å². The molecule has 12 heavy (non-hydrogen) atoms. The zero-order valence-corrected chi connectivity index (χ0v) is 8.25. The summed E-state index contributed by atoms with van der Waals surface area (Å²) in [5, 5.41) is 19.3. The Kier molecular flexibility index (Phi) is 2.79. The standard InChI is InChI=1S/C10H20O2/c1-7-4-5-10(3,8(2)11)9(12)6-7/h7-9,11-12H,4-6H2,1-3H3/t7-,8?,9+,10+/m0/s1. The summed E-state index contributed by atoms with van der Waals surface area (Å²) < 4.78 is 0. The second kappa shape index (κ2) is 3.35. The maximum atomic E-state index is 9.81. The van der Waals surface area contributed by atoms with Crippen molar-refractivity contribution in [1.82, 2.24) is 0 Å². The normalized spacial score (nSPS) is 45.8. The third-order valence-electron chi connectivity index (χ3n) is 3.52. The maximum Gasteiger partial charge on any atom is 0.0620 e. The Hall–Kier alpha value is -0.0800. The van der Waals surface area contributed by atoms with Crippen LogP contribution in [0.25, 0.3) is 0 Å². The Morgan fingerprint density at radius 3 is 2.50 bits per heavy atom. The number of aliphatic hydroxyl groups is 2. The summed E-state index contributed by atoms with van der Waals surface area (Å²) in [6.45, 7) is 5.91. The minimum absolute atomic E-state index is 0.271. The molecule has 4 atom stereocenters. The van der Waals surface area contributed by atoms with Crippen LogP contribution in [0.15, 0.2) is 0 Å². The molecule has 72 valence electrons. The van der Waals surface area contributed by atoms with Gasteiger partial charge >= 0.3 is 0 Å². The number of hydrogen-bond acceptors (Lipinski definition) is 2. The number of rotatable bonds is 1. The molecule has 0 bridgehead atoms. The highest BCUT2D eigenvalue weighted by Gasteiger charge is 2.41. The van der Waals surface area contributed by atoms with E-state index in [1.165, 1.54) is 0 Å². The van der Waals surface area contributed by atoms with Crippen LogP contribution in [0.3, 0.4) is 0 Å². The van der Waals surface area contributed by atoms with Gasteiger partial charge < -0.3 is 10.2 Å². The fraction of sp³-hybridized carbons (Fsp3) is 1.00. The fourth-order valence-corrected chi connectivity index (χ4v) is 1.98. The van der Waals surface area contributed by atoms with Crippen LogP contribution in [-0.4, -0.2) is 22.4 Å². The van der Waals surface area contributed by atoms with Gasteiger partial charge in [-0.25, -0.2) is 0 Å². The van der Waals surface area contributed by atoms with E-state index >= 15 is 0 Å². The first-order valence-electron chi connectivity index (χ1n) is 4.83. The van der Waals surface area contributed by atoms with Crippen LogP contribution in [0.2, 0.25) is 0 Å². The van der Waals surface area contributed by atoms with Crippen molar-refractivity contribution in [2.45, 2.75) is 52.2 Å². The molecule has 1 unspecified atom stereocenters. The van der Waals surface area contributed by atoms with E-state index in [4.69, 9.17) is 0 Å². The summed E-state index contributed by atoms with van der Waals surface area (Å²) in [7, 11) is 0. The third-order valence-corrected chi connectivity index (χ3v) is 3.52. The first-order chi connectivity index (χ1) is 5.47. The molecule has 2 N–H and O–H groups in total. The summed E-state index contributed by atoms with van der Waals surface area (Å²) in [4.78, 5) is 0. The lowest BCUT2D eigenvalue weighted by atomic mass is 9.67. The molecule has 0 heterocycles. The van der Waals surface area contributed by atoms with Crippen LogP contribution in [0, 0.1) is 11.3 Å². The molecule has 1 aliphatic rings. The molecule has 0 aromatic carbocycles. The molecular formula is C10H20O2. The molecule has 2 nitrogen and oxygen atoms in total. The van der Waals surface area contributed by atoms with E-state index in [1.807, 2.05) is 6.92 Å². The Morgan fingerprint density at radius 2 is 2.08 bits per heavy atom. The van der Waals surface area contributed by atoms with Crippen molar-refractivity contribution < 1.29 is 10.2 Å². The first-order valence-corrected chi connectivity index (χ1v) is 4.83. The van der Waals surface area contributed by atoms with Crippen LogP contribution in [0.4, 0.5) is 0 Å². The molecule has 0 amide bonds. The van der Waals surface area contributed by atoms with Gasteiger partial charge in [-0.2, -0.15) is 0 Å². The van der Waals surface area contributed by atoms with E-state index in [0.29, 0.717) is 5.92 Å². The van der Waals surface area contributed by atoms with Gasteiger partial charge in [0.2, 0.25) is 0 Å². The molecule has 0 saturated heterocycles. The highest BCUT2D eigenvalue weighted by Crippen LogP contribution is 2.41. The molecule has 0 aromatic heterocycles. The summed E-state index contributed by atoms with van der Waals surface area (Å²) in [6.07, 6.45) is 2.16. The molecule has 2 heteroatoms. The lowest BCUT2D eigenvalue weighted by Crippen LogP contribution is -2.45. The molecule has 0 spiro atoms.